The fourth-order valence-electron chi connectivity index (χ4n) is 3.12. The van der Waals surface area contributed by atoms with Crippen molar-refractivity contribution in [1.29, 1.82) is 0 Å². The van der Waals surface area contributed by atoms with Gasteiger partial charge >= 0.3 is 0 Å². The number of aryl methyl sites for hydroxylation is 2. The molecule has 0 spiro atoms. The highest BCUT2D eigenvalue weighted by Gasteiger charge is 2.29. The van der Waals surface area contributed by atoms with Gasteiger partial charge in [-0.1, -0.05) is 17.7 Å². The Labute approximate surface area is 175 Å². The van der Waals surface area contributed by atoms with Gasteiger partial charge in [-0.3, -0.25) is 9.59 Å². The molecule has 1 aliphatic rings. The van der Waals surface area contributed by atoms with Crippen molar-refractivity contribution < 1.29 is 18.0 Å². The minimum atomic E-state index is -3.73. The van der Waals surface area contributed by atoms with Crippen LogP contribution in [0.1, 0.15) is 31.4 Å². The molecule has 0 aliphatic carbocycles. The molecule has 1 heterocycles. The van der Waals surface area contributed by atoms with Crippen molar-refractivity contribution >= 4 is 44.8 Å². The van der Waals surface area contributed by atoms with Crippen LogP contribution in [0.2, 0.25) is 0 Å². The first-order chi connectivity index (χ1) is 13.6. The van der Waals surface area contributed by atoms with Crippen molar-refractivity contribution in [1.82, 2.24) is 0 Å². The van der Waals surface area contributed by atoms with Gasteiger partial charge in [0.1, 0.15) is 0 Å². The molecule has 3 rings (SSSR count). The molecular weight excluding hydrogens is 408 g/mol. The van der Waals surface area contributed by atoms with Crippen molar-refractivity contribution in [3.8, 4) is 0 Å². The second kappa shape index (κ2) is 8.20. The summed E-state index contributed by atoms with van der Waals surface area (Å²) in [5.74, 6) is -0.512. The zero-order valence-electron chi connectivity index (χ0n) is 16.8. The molecule has 2 N–H and O–H groups in total. The highest BCUT2D eigenvalue weighted by atomic mass is 32.2. The third-order valence-electron chi connectivity index (χ3n) is 4.87. The summed E-state index contributed by atoms with van der Waals surface area (Å²) < 4.78 is 25.9. The molecule has 8 heteroatoms. The molecular formula is C21H24N2O4S2. The van der Waals surface area contributed by atoms with Crippen LogP contribution in [0.15, 0.2) is 46.2 Å². The first-order valence-electron chi connectivity index (χ1n) is 9.30. The number of hydrogen-bond donors (Lipinski definition) is 2. The summed E-state index contributed by atoms with van der Waals surface area (Å²) in [5.41, 5.74) is 3.17. The van der Waals surface area contributed by atoms with E-state index >= 15 is 0 Å². The third kappa shape index (κ3) is 4.64. The smallest absolute Gasteiger partial charge is 0.237 e. The van der Waals surface area contributed by atoms with Crippen LogP contribution in [0.25, 0.3) is 0 Å². The molecule has 0 aromatic heterocycles. The van der Waals surface area contributed by atoms with Gasteiger partial charge in [-0.15, -0.1) is 11.8 Å². The van der Waals surface area contributed by atoms with Crippen LogP contribution in [-0.4, -0.2) is 30.7 Å². The Morgan fingerprint density at radius 2 is 1.93 bits per heavy atom. The first kappa shape index (κ1) is 21.4. The fourth-order valence-corrected chi connectivity index (χ4v) is 5.43. The van der Waals surface area contributed by atoms with E-state index in [4.69, 9.17) is 0 Å². The van der Waals surface area contributed by atoms with Gasteiger partial charge in [-0.05, 0) is 57.5 Å². The molecule has 2 unspecified atom stereocenters. The molecule has 0 fully saturated rings. The Morgan fingerprint density at radius 3 is 2.62 bits per heavy atom. The number of carbonyl (C=O) groups is 2. The Balaban J connectivity index is 1.74. The van der Waals surface area contributed by atoms with Crippen molar-refractivity contribution in [3.63, 3.8) is 0 Å². The standard InChI is InChI=1S/C21H24N2O4S2/c1-12-5-7-17(13(2)9-12)22-20(24)10-14(3)29(26,27)16-6-8-19-18(11-16)23-21(25)15(4)28-19/h5-9,11,14-15H,10H2,1-4H3,(H,22,24)(H,23,25). The summed E-state index contributed by atoms with van der Waals surface area (Å²) in [6.45, 7) is 7.17. The largest absolute Gasteiger partial charge is 0.326 e. The lowest BCUT2D eigenvalue weighted by Gasteiger charge is -2.22. The quantitative estimate of drug-likeness (QED) is 0.747. The number of hydrogen-bond acceptors (Lipinski definition) is 5. The molecule has 6 nitrogen and oxygen atoms in total. The second-order valence-electron chi connectivity index (χ2n) is 7.33. The van der Waals surface area contributed by atoms with E-state index < -0.39 is 15.1 Å². The molecule has 2 aromatic carbocycles. The topological polar surface area (TPSA) is 92.3 Å². The highest BCUT2D eigenvalue weighted by Crippen LogP contribution is 2.37. The van der Waals surface area contributed by atoms with Crippen molar-refractivity contribution in [3.05, 3.63) is 47.5 Å². The third-order valence-corrected chi connectivity index (χ3v) is 8.18. The summed E-state index contributed by atoms with van der Waals surface area (Å²) >= 11 is 1.39. The van der Waals surface area contributed by atoms with Crippen LogP contribution in [-0.2, 0) is 19.4 Å². The average Bonchev–Trinajstić information content (AvgIpc) is 2.64. The van der Waals surface area contributed by atoms with E-state index in [2.05, 4.69) is 10.6 Å². The van der Waals surface area contributed by atoms with Crippen molar-refractivity contribution in [2.24, 2.45) is 0 Å². The van der Waals surface area contributed by atoms with Crippen molar-refractivity contribution in [2.75, 3.05) is 10.6 Å². The Morgan fingerprint density at radius 1 is 1.21 bits per heavy atom. The summed E-state index contributed by atoms with van der Waals surface area (Å²) in [6, 6.07) is 10.4. The molecule has 2 amide bonds. The molecule has 0 saturated carbocycles. The van der Waals surface area contributed by atoms with E-state index in [1.54, 1.807) is 13.0 Å². The van der Waals surface area contributed by atoms with Gasteiger partial charge in [0.05, 0.1) is 21.1 Å². The van der Waals surface area contributed by atoms with Crippen LogP contribution in [0.3, 0.4) is 0 Å². The van der Waals surface area contributed by atoms with Crippen LogP contribution < -0.4 is 10.6 Å². The SMILES string of the molecule is Cc1ccc(NC(=O)CC(C)S(=O)(=O)c2ccc3c(c2)NC(=O)C(C)S3)c(C)c1. The van der Waals surface area contributed by atoms with Crippen LogP contribution in [0.4, 0.5) is 11.4 Å². The van der Waals surface area contributed by atoms with Gasteiger partial charge in [0.15, 0.2) is 9.84 Å². The number of anilines is 2. The fraction of sp³-hybridized carbons (Fsp3) is 0.333. The summed E-state index contributed by atoms with van der Waals surface area (Å²) in [4.78, 5) is 25.2. The zero-order valence-corrected chi connectivity index (χ0v) is 18.4. The predicted molar refractivity (Wildman–Crippen MR) is 116 cm³/mol. The lowest BCUT2D eigenvalue weighted by Crippen LogP contribution is -2.27. The van der Waals surface area contributed by atoms with E-state index in [0.717, 1.165) is 16.0 Å². The Hall–Kier alpha value is -2.32. The van der Waals surface area contributed by atoms with E-state index in [-0.39, 0.29) is 28.4 Å². The molecule has 29 heavy (non-hydrogen) atoms. The first-order valence-corrected chi connectivity index (χ1v) is 11.7. The van der Waals surface area contributed by atoms with Crippen molar-refractivity contribution in [2.45, 2.75) is 54.4 Å². The summed E-state index contributed by atoms with van der Waals surface area (Å²) in [5, 5.41) is 4.40. The number of benzene rings is 2. The zero-order chi connectivity index (χ0) is 21.3. The number of rotatable bonds is 5. The number of fused-ring (bicyclic) bond motifs is 1. The molecule has 2 atom stereocenters. The number of amides is 2. The number of carbonyl (C=O) groups excluding carboxylic acids is 2. The number of nitrogens with one attached hydrogen (secondary N) is 2. The van der Waals surface area contributed by atoms with Gasteiger partial charge in [0.25, 0.3) is 0 Å². The van der Waals surface area contributed by atoms with Gasteiger partial charge < -0.3 is 10.6 Å². The van der Waals surface area contributed by atoms with Crippen LogP contribution in [0.5, 0.6) is 0 Å². The van der Waals surface area contributed by atoms with Gasteiger partial charge in [0.2, 0.25) is 11.8 Å². The number of thioether (sulfide) groups is 1. The van der Waals surface area contributed by atoms with Crippen LogP contribution >= 0.6 is 11.8 Å². The van der Waals surface area contributed by atoms with E-state index in [1.807, 2.05) is 32.0 Å². The Kier molecular flexibility index (Phi) is 6.05. The molecule has 2 aromatic rings. The van der Waals surface area contributed by atoms with Gasteiger partial charge in [-0.2, -0.15) is 0 Å². The van der Waals surface area contributed by atoms with Gasteiger partial charge in [0, 0.05) is 17.0 Å². The lowest BCUT2D eigenvalue weighted by atomic mass is 10.1. The minimum absolute atomic E-state index is 0.0959. The monoisotopic (exact) mass is 432 g/mol. The minimum Gasteiger partial charge on any atom is -0.326 e. The molecule has 154 valence electrons. The Bertz CT molecular complexity index is 1080. The number of sulfone groups is 1. The van der Waals surface area contributed by atoms with E-state index in [0.29, 0.717) is 11.4 Å². The predicted octanol–water partition coefficient (Wildman–Crippen LogP) is 3.93. The summed E-state index contributed by atoms with van der Waals surface area (Å²) in [7, 11) is -3.73. The highest BCUT2D eigenvalue weighted by molar-refractivity contribution is 8.01. The lowest BCUT2D eigenvalue weighted by molar-refractivity contribution is -0.116. The summed E-state index contributed by atoms with van der Waals surface area (Å²) in [6.07, 6.45) is -0.162. The maximum atomic E-state index is 13.0. The van der Waals surface area contributed by atoms with Gasteiger partial charge in [-0.25, -0.2) is 8.42 Å². The molecule has 0 radical (unpaired) electrons. The maximum absolute atomic E-state index is 13.0. The average molecular weight is 433 g/mol. The molecule has 0 bridgehead atoms. The van der Waals surface area contributed by atoms with E-state index in [9.17, 15) is 18.0 Å². The molecule has 0 saturated heterocycles. The second-order valence-corrected chi connectivity index (χ2v) is 11.1. The van der Waals surface area contributed by atoms with Crippen LogP contribution in [0, 0.1) is 13.8 Å². The maximum Gasteiger partial charge on any atom is 0.237 e. The van der Waals surface area contributed by atoms with E-state index in [1.165, 1.54) is 30.8 Å². The normalized spacial score (nSPS) is 17.2. The molecule has 1 aliphatic heterocycles.